The summed E-state index contributed by atoms with van der Waals surface area (Å²) in [5.74, 6) is -0.395. The Kier molecular flexibility index (Phi) is 3.28. The summed E-state index contributed by atoms with van der Waals surface area (Å²) in [6, 6.07) is 0. The van der Waals surface area contributed by atoms with Crippen molar-refractivity contribution >= 4 is 12.4 Å². The van der Waals surface area contributed by atoms with Crippen molar-refractivity contribution in [2.45, 2.75) is 38.2 Å². The van der Waals surface area contributed by atoms with E-state index >= 15 is 0 Å². The number of carbonyl (C=O) groups is 2. The van der Waals surface area contributed by atoms with Crippen LogP contribution in [0.3, 0.4) is 0 Å². The Morgan fingerprint density at radius 1 is 1.54 bits per heavy atom. The summed E-state index contributed by atoms with van der Waals surface area (Å²) in [5, 5.41) is 0. The predicted molar refractivity (Wildman–Crippen MR) is 45.0 cm³/mol. The largest absolute Gasteiger partial charge is 0.463 e. The molecule has 1 aliphatic carbocycles. The average molecular weight is 186 g/mol. The monoisotopic (exact) mass is 186 g/mol. The van der Waals surface area contributed by atoms with Gasteiger partial charge in [-0.3, -0.25) is 4.79 Å². The summed E-state index contributed by atoms with van der Waals surface area (Å²) in [5.41, 5.74) is -0.921. The molecule has 0 bridgehead atoms. The molecule has 0 N–H and O–H groups in total. The highest BCUT2D eigenvalue weighted by Gasteiger charge is 2.54. The molecule has 0 heterocycles. The van der Waals surface area contributed by atoms with Gasteiger partial charge in [0.2, 0.25) is 5.60 Å². The van der Waals surface area contributed by atoms with Crippen LogP contribution in [-0.4, -0.2) is 24.6 Å². The molecule has 13 heavy (non-hydrogen) atoms. The summed E-state index contributed by atoms with van der Waals surface area (Å²) in [6.07, 6.45) is 3.02. The minimum Gasteiger partial charge on any atom is -0.463 e. The molecule has 0 unspecified atom stereocenters. The van der Waals surface area contributed by atoms with Crippen molar-refractivity contribution in [1.82, 2.24) is 0 Å². The molecule has 74 valence electrons. The molecule has 0 aromatic rings. The number of rotatable bonds is 6. The Bertz CT molecular complexity index is 196. The van der Waals surface area contributed by atoms with Gasteiger partial charge in [-0.1, -0.05) is 13.3 Å². The van der Waals surface area contributed by atoms with Gasteiger partial charge < -0.3 is 9.47 Å². The molecular formula is C9H14O4. The number of unbranched alkanes of at least 4 members (excludes halogenated alkanes) is 1. The highest BCUT2D eigenvalue weighted by atomic mass is 16.6. The molecule has 1 aliphatic rings. The Balaban J connectivity index is 2.26. The van der Waals surface area contributed by atoms with E-state index in [2.05, 4.69) is 4.74 Å². The van der Waals surface area contributed by atoms with Crippen molar-refractivity contribution in [2.24, 2.45) is 0 Å². The van der Waals surface area contributed by atoms with E-state index in [1.165, 1.54) is 0 Å². The van der Waals surface area contributed by atoms with Crippen molar-refractivity contribution < 1.29 is 19.1 Å². The van der Waals surface area contributed by atoms with Crippen LogP contribution in [0.2, 0.25) is 0 Å². The molecule has 0 saturated heterocycles. The average Bonchev–Trinajstić information content (AvgIpc) is 2.87. The Morgan fingerprint density at radius 3 is 2.69 bits per heavy atom. The van der Waals surface area contributed by atoms with Crippen LogP contribution in [0.1, 0.15) is 32.6 Å². The molecule has 1 saturated carbocycles. The van der Waals surface area contributed by atoms with Gasteiger partial charge in [-0.2, -0.15) is 0 Å². The van der Waals surface area contributed by atoms with Crippen LogP contribution in [0, 0.1) is 0 Å². The van der Waals surface area contributed by atoms with Gasteiger partial charge in [-0.15, -0.1) is 0 Å². The molecule has 0 atom stereocenters. The zero-order chi connectivity index (χ0) is 9.73. The summed E-state index contributed by atoms with van der Waals surface area (Å²) in [6.45, 7) is 2.75. The van der Waals surface area contributed by atoms with Gasteiger partial charge in [0.05, 0.1) is 6.61 Å². The second kappa shape index (κ2) is 4.25. The van der Waals surface area contributed by atoms with E-state index in [1.807, 2.05) is 6.92 Å². The van der Waals surface area contributed by atoms with Gasteiger partial charge in [0.15, 0.2) is 0 Å². The second-order valence-corrected chi connectivity index (χ2v) is 3.20. The maximum atomic E-state index is 11.3. The first-order valence-electron chi connectivity index (χ1n) is 4.54. The lowest BCUT2D eigenvalue weighted by atomic mass is 10.3. The lowest BCUT2D eigenvalue weighted by Crippen LogP contribution is -2.28. The summed E-state index contributed by atoms with van der Waals surface area (Å²) >= 11 is 0. The fourth-order valence-corrected chi connectivity index (χ4v) is 1.02. The SMILES string of the molecule is CCCCOC(=O)C1(OC=O)CC1. The second-order valence-electron chi connectivity index (χ2n) is 3.20. The van der Waals surface area contributed by atoms with E-state index < -0.39 is 11.6 Å². The van der Waals surface area contributed by atoms with Crippen LogP contribution in [0.4, 0.5) is 0 Å². The fourth-order valence-electron chi connectivity index (χ4n) is 1.02. The number of ether oxygens (including phenoxy) is 2. The molecule has 0 radical (unpaired) electrons. The Morgan fingerprint density at radius 2 is 2.23 bits per heavy atom. The quantitative estimate of drug-likeness (QED) is 0.353. The molecule has 1 rings (SSSR count). The van der Waals surface area contributed by atoms with Crippen molar-refractivity contribution in [3.05, 3.63) is 0 Å². The van der Waals surface area contributed by atoms with E-state index in [4.69, 9.17) is 4.74 Å². The number of carbonyl (C=O) groups excluding carboxylic acids is 2. The smallest absolute Gasteiger partial charge is 0.350 e. The van der Waals surface area contributed by atoms with E-state index in [0.29, 0.717) is 25.9 Å². The number of hydrogen-bond acceptors (Lipinski definition) is 4. The molecule has 4 heteroatoms. The van der Waals surface area contributed by atoms with Crippen molar-refractivity contribution in [2.75, 3.05) is 6.61 Å². The van der Waals surface area contributed by atoms with Crippen LogP contribution in [0.15, 0.2) is 0 Å². The van der Waals surface area contributed by atoms with Crippen LogP contribution in [0.25, 0.3) is 0 Å². The molecule has 0 amide bonds. The molecule has 0 aliphatic heterocycles. The van der Waals surface area contributed by atoms with Crippen molar-refractivity contribution in [1.29, 1.82) is 0 Å². The minimum atomic E-state index is -0.921. The molecule has 0 spiro atoms. The fraction of sp³-hybridized carbons (Fsp3) is 0.778. The zero-order valence-corrected chi connectivity index (χ0v) is 7.75. The lowest BCUT2D eigenvalue weighted by molar-refractivity contribution is -0.164. The van der Waals surface area contributed by atoms with Gasteiger partial charge in [0, 0.05) is 12.8 Å². The Labute approximate surface area is 77.2 Å². The van der Waals surface area contributed by atoms with Crippen LogP contribution in [0.5, 0.6) is 0 Å². The van der Waals surface area contributed by atoms with Crippen LogP contribution < -0.4 is 0 Å². The van der Waals surface area contributed by atoms with Gasteiger partial charge in [-0.25, -0.2) is 4.79 Å². The van der Waals surface area contributed by atoms with Gasteiger partial charge in [0.25, 0.3) is 6.47 Å². The first-order chi connectivity index (χ1) is 6.25. The van der Waals surface area contributed by atoms with E-state index in [0.717, 1.165) is 12.8 Å². The summed E-state index contributed by atoms with van der Waals surface area (Å²) in [4.78, 5) is 21.4. The maximum absolute atomic E-state index is 11.3. The third kappa shape index (κ3) is 2.44. The summed E-state index contributed by atoms with van der Waals surface area (Å²) < 4.78 is 9.62. The minimum absolute atomic E-state index is 0.314. The van der Waals surface area contributed by atoms with E-state index in [-0.39, 0.29) is 0 Å². The molecule has 1 fully saturated rings. The molecule has 0 aromatic carbocycles. The highest BCUT2D eigenvalue weighted by Crippen LogP contribution is 2.40. The third-order valence-electron chi connectivity index (χ3n) is 2.08. The van der Waals surface area contributed by atoms with Crippen LogP contribution in [-0.2, 0) is 19.1 Å². The van der Waals surface area contributed by atoms with E-state index in [1.54, 1.807) is 0 Å². The predicted octanol–water partition coefficient (Wildman–Crippen LogP) is 1.04. The lowest BCUT2D eigenvalue weighted by Gasteiger charge is -2.11. The third-order valence-corrected chi connectivity index (χ3v) is 2.08. The van der Waals surface area contributed by atoms with E-state index in [9.17, 15) is 9.59 Å². The van der Waals surface area contributed by atoms with Gasteiger partial charge in [-0.05, 0) is 6.42 Å². The molecule has 0 aromatic heterocycles. The highest BCUT2D eigenvalue weighted by molar-refractivity contribution is 5.84. The topological polar surface area (TPSA) is 52.6 Å². The van der Waals surface area contributed by atoms with Gasteiger partial charge in [0.1, 0.15) is 0 Å². The summed E-state index contributed by atoms with van der Waals surface area (Å²) in [7, 11) is 0. The maximum Gasteiger partial charge on any atom is 0.350 e. The van der Waals surface area contributed by atoms with Crippen LogP contribution >= 0.6 is 0 Å². The normalized spacial score (nSPS) is 17.6. The van der Waals surface area contributed by atoms with Crippen molar-refractivity contribution in [3.63, 3.8) is 0 Å². The number of esters is 1. The standard InChI is InChI=1S/C9H14O4/c1-2-3-6-12-8(11)9(4-5-9)13-7-10/h7H,2-6H2,1H3. The Hall–Kier alpha value is -1.06. The molecule has 4 nitrogen and oxygen atoms in total. The zero-order valence-electron chi connectivity index (χ0n) is 7.75. The van der Waals surface area contributed by atoms with Gasteiger partial charge >= 0.3 is 5.97 Å². The number of hydrogen-bond donors (Lipinski definition) is 0. The van der Waals surface area contributed by atoms with Crippen molar-refractivity contribution in [3.8, 4) is 0 Å². The molecular weight excluding hydrogens is 172 g/mol. The first kappa shape index (κ1) is 10.0. The first-order valence-corrected chi connectivity index (χ1v) is 4.54.